The van der Waals surface area contributed by atoms with Gasteiger partial charge in [-0.05, 0) is 43.3 Å². The molecule has 0 amide bonds. The van der Waals surface area contributed by atoms with E-state index in [1.165, 1.54) is 31.2 Å². The summed E-state index contributed by atoms with van der Waals surface area (Å²) < 4.78 is 30.7. The molecule has 0 unspecified atom stereocenters. The van der Waals surface area contributed by atoms with Crippen LogP contribution >= 0.6 is 23.2 Å². The molecule has 1 aliphatic rings. The van der Waals surface area contributed by atoms with E-state index in [9.17, 15) is 18.4 Å². The smallest absolute Gasteiger partial charge is 0.172 e. The molecular formula is C19H16Cl2F2O4. The Bertz CT molecular complexity index is 867. The van der Waals surface area contributed by atoms with E-state index in [0.717, 1.165) is 0 Å². The van der Waals surface area contributed by atoms with Gasteiger partial charge in [-0.15, -0.1) is 0 Å². The van der Waals surface area contributed by atoms with E-state index in [2.05, 4.69) is 0 Å². The number of halogens is 4. The predicted molar refractivity (Wildman–Crippen MR) is 98.8 cm³/mol. The standard InChI is InChI=1S/C11H9ClF2O2.C8H7ClO2/c12-7-1-2-8-9(15)4-11(5-13,6-14)16-10(8)3-7;1-5(10)7-3-2-6(9)4-8(7)11/h1-3H,4-6H2;2-4,11H,1H3. The van der Waals surface area contributed by atoms with Crippen LogP contribution in [0.15, 0.2) is 36.4 Å². The fourth-order valence-corrected chi connectivity index (χ4v) is 2.78. The second kappa shape index (κ2) is 8.67. The van der Waals surface area contributed by atoms with Gasteiger partial charge >= 0.3 is 0 Å². The molecule has 144 valence electrons. The maximum absolute atomic E-state index is 12.8. The fraction of sp³-hybridized carbons (Fsp3) is 0.263. The van der Waals surface area contributed by atoms with E-state index in [-0.39, 0.29) is 29.5 Å². The van der Waals surface area contributed by atoms with Crippen LogP contribution in [0.25, 0.3) is 0 Å². The lowest BCUT2D eigenvalue weighted by Crippen LogP contribution is -2.46. The molecule has 1 N–H and O–H groups in total. The van der Waals surface area contributed by atoms with Crippen molar-refractivity contribution in [3.05, 3.63) is 57.6 Å². The van der Waals surface area contributed by atoms with E-state index in [4.69, 9.17) is 33.0 Å². The molecule has 0 aromatic heterocycles. The number of ether oxygens (including phenoxy) is 1. The van der Waals surface area contributed by atoms with Crippen LogP contribution in [0.5, 0.6) is 11.5 Å². The Morgan fingerprint density at radius 3 is 2.30 bits per heavy atom. The summed E-state index contributed by atoms with van der Waals surface area (Å²) in [6.45, 7) is -0.689. The zero-order valence-corrected chi connectivity index (χ0v) is 15.8. The number of alkyl halides is 2. The van der Waals surface area contributed by atoms with E-state index in [1.54, 1.807) is 12.1 Å². The van der Waals surface area contributed by atoms with Crippen LogP contribution in [0.4, 0.5) is 8.78 Å². The normalized spacial score (nSPS) is 14.5. The summed E-state index contributed by atoms with van der Waals surface area (Å²) in [7, 11) is 0. The number of Topliss-reactive ketones (excluding diaryl/α,β-unsaturated/α-hetero) is 2. The van der Waals surface area contributed by atoms with Crippen molar-refractivity contribution in [2.75, 3.05) is 13.3 Å². The zero-order chi connectivity index (χ0) is 20.2. The Balaban J connectivity index is 0.000000208. The maximum atomic E-state index is 12.8. The molecule has 0 atom stereocenters. The molecule has 0 fully saturated rings. The molecule has 2 aromatic carbocycles. The van der Waals surface area contributed by atoms with Crippen molar-refractivity contribution in [3.8, 4) is 11.5 Å². The summed E-state index contributed by atoms with van der Waals surface area (Å²) >= 11 is 11.3. The van der Waals surface area contributed by atoms with E-state index in [1.807, 2.05) is 0 Å². The van der Waals surface area contributed by atoms with Gasteiger partial charge in [-0.1, -0.05) is 23.2 Å². The second-order valence-corrected chi connectivity index (χ2v) is 6.88. The fourth-order valence-electron chi connectivity index (χ4n) is 2.46. The number of hydrogen-bond donors (Lipinski definition) is 1. The van der Waals surface area contributed by atoms with Crippen molar-refractivity contribution in [1.82, 2.24) is 0 Å². The summed E-state index contributed by atoms with van der Waals surface area (Å²) in [6, 6.07) is 8.85. The quantitative estimate of drug-likeness (QED) is 0.695. The van der Waals surface area contributed by atoms with Gasteiger partial charge in [0.05, 0.1) is 17.5 Å². The number of carbonyl (C=O) groups excluding carboxylic acids is 2. The molecule has 4 nitrogen and oxygen atoms in total. The number of carbonyl (C=O) groups is 2. The van der Waals surface area contributed by atoms with Gasteiger partial charge in [-0.3, -0.25) is 9.59 Å². The first-order chi connectivity index (χ1) is 12.7. The molecule has 1 aliphatic heterocycles. The Morgan fingerprint density at radius 2 is 1.74 bits per heavy atom. The molecule has 27 heavy (non-hydrogen) atoms. The van der Waals surface area contributed by atoms with E-state index >= 15 is 0 Å². The summed E-state index contributed by atoms with van der Waals surface area (Å²) in [4.78, 5) is 22.4. The summed E-state index contributed by atoms with van der Waals surface area (Å²) in [5, 5.41) is 9.94. The minimum Gasteiger partial charge on any atom is -0.507 e. The SMILES string of the molecule is CC(=O)c1ccc(Cl)cc1O.O=C1CC(CF)(CF)Oc2cc(Cl)ccc21. The Kier molecular flexibility index (Phi) is 6.78. The van der Waals surface area contributed by atoms with Crippen LogP contribution in [0, 0.1) is 0 Å². The van der Waals surface area contributed by atoms with Crippen molar-refractivity contribution in [3.63, 3.8) is 0 Å². The van der Waals surface area contributed by atoms with Gasteiger partial charge < -0.3 is 9.84 Å². The van der Waals surface area contributed by atoms with Crippen LogP contribution in [-0.2, 0) is 0 Å². The number of fused-ring (bicyclic) bond motifs is 1. The number of phenols is 1. The highest BCUT2D eigenvalue weighted by Gasteiger charge is 2.41. The number of phenolic OH excluding ortho intramolecular Hbond substituents is 1. The average molecular weight is 417 g/mol. The third kappa shape index (κ3) is 4.96. The zero-order valence-electron chi connectivity index (χ0n) is 14.3. The summed E-state index contributed by atoms with van der Waals surface area (Å²) in [6.07, 6.45) is -0.283. The minimum absolute atomic E-state index is 0.0648. The first-order valence-electron chi connectivity index (χ1n) is 7.84. The van der Waals surface area contributed by atoms with Crippen molar-refractivity contribution in [2.45, 2.75) is 18.9 Å². The van der Waals surface area contributed by atoms with E-state index in [0.29, 0.717) is 21.2 Å². The number of aromatic hydroxyl groups is 1. The lowest BCUT2D eigenvalue weighted by Gasteiger charge is -2.33. The molecular weight excluding hydrogens is 401 g/mol. The molecule has 0 spiro atoms. The lowest BCUT2D eigenvalue weighted by atomic mass is 9.92. The summed E-state index contributed by atoms with van der Waals surface area (Å²) in [5.74, 6) is -0.406. The average Bonchev–Trinajstić information content (AvgIpc) is 2.61. The van der Waals surface area contributed by atoms with Gasteiger partial charge in [-0.25, -0.2) is 8.78 Å². The van der Waals surface area contributed by atoms with Gasteiger partial charge in [0.15, 0.2) is 17.2 Å². The third-order valence-corrected chi connectivity index (χ3v) is 4.35. The van der Waals surface area contributed by atoms with Crippen molar-refractivity contribution < 1.29 is 28.2 Å². The number of rotatable bonds is 3. The van der Waals surface area contributed by atoms with Crippen LogP contribution in [0.1, 0.15) is 34.1 Å². The van der Waals surface area contributed by atoms with Crippen LogP contribution < -0.4 is 4.74 Å². The van der Waals surface area contributed by atoms with Gasteiger partial charge in [0.2, 0.25) is 0 Å². The molecule has 3 rings (SSSR count). The molecule has 2 aromatic rings. The molecule has 0 bridgehead atoms. The number of ketones is 2. The summed E-state index contributed by atoms with van der Waals surface area (Å²) in [5.41, 5.74) is -1.05. The Morgan fingerprint density at radius 1 is 1.15 bits per heavy atom. The van der Waals surface area contributed by atoms with Crippen molar-refractivity contribution >= 4 is 34.8 Å². The topological polar surface area (TPSA) is 63.6 Å². The third-order valence-electron chi connectivity index (χ3n) is 3.88. The lowest BCUT2D eigenvalue weighted by molar-refractivity contribution is 0.00432. The molecule has 0 saturated heterocycles. The van der Waals surface area contributed by atoms with Gasteiger partial charge in [-0.2, -0.15) is 0 Å². The highest BCUT2D eigenvalue weighted by Crippen LogP contribution is 2.35. The molecule has 8 heteroatoms. The minimum atomic E-state index is -1.67. The predicted octanol–water partition coefficient (Wildman–Crippen LogP) is 5.23. The van der Waals surface area contributed by atoms with Crippen LogP contribution in [0.3, 0.4) is 0 Å². The second-order valence-electron chi connectivity index (χ2n) is 6.01. The largest absolute Gasteiger partial charge is 0.507 e. The van der Waals surface area contributed by atoms with Crippen molar-refractivity contribution in [2.24, 2.45) is 0 Å². The highest BCUT2D eigenvalue weighted by molar-refractivity contribution is 6.31. The Hall–Kier alpha value is -2.18. The van der Waals surface area contributed by atoms with Gasteiger partial charge in [0.1, 0.15) is 24.8 Å². The molecule has 1 heterocycles. The van der Waals surface area contributed by atoms with Crippen molar-refractivity contribution in [1.29, 1.82) is 0 Å². The highest BCUT2D eigenvalue weighted by atomic mass is 35.5. The first-order valence-corrected chi connectivity index (χ1v) is 8.60. The molecule has 0 radical (unpaired) electrons. The first kappa shape index (κ1) is 21.1. The number of hydrogen-bond acceptors (Lipinski definition) is 4. The number of benzene rings is 2. The van der Waals surface area contributed by atoms with E-state index < -0.39 is 19.0 Å². The Labute approximate surface area is 164 Å². The van der Waals surface area contributed by atoms with Gasteiger partial charge in [0, 0.05) is 10.0 Å². The van der Waals surface area contributed by atoms with Gasteiger partial charge in [0.25, 0.3) is 0 Å². The van der Waals surface area contributed by atoms with Crippen LogP contribution in [-0.4, -0.2) is 35.6 Å². The molecule has 0 aliphatic carbocycles. The monoisotopic (exact) mass is 416 g/mol. The van der Waals surface area contributed by atoms with Crippen LogP contribution in [0.2, 0.25) is 10.0 Å². The maximum Gasteiger partial charge on any atom is 0.172 e. The molecule has 0 saturated carbocycles.